The fraction of sp³-hybridized carbons (Fsp3) is 0.286. The molecule has 1 amide bonds. The predicted molar refractivity (Wildman–Crippen MR) is 93.9 cm³/mol. The van der Waals surface area contributed by atoms with Crippen molar-refractivity contribution in [1.29, 1.82) is 0 Å². The molecule has 130 valence electrons. The fourth-order valence-corrected chi connectivity index (χ4v) is 2.63. The quantitative estimate of drug-likeness (QED) is 0.817. The van der Waals surface area contributed by atoms with Crippen LogP contribution in [0.25, 0.3) is 0 Å². The summed E-state index contributed by atoms with van der Waals surface area (Å²) in [5.74, 6) is -0.0418. The number of nitrogens with zero attached hydrogens (tertiary/aromatic N) is 3. The van der Waals surface area contributed by atoms with Crippen LogP contribution in [-0.2, 0) is 21.4 Å². The minimum atomic E-state index is -3.43. The van der Waals surface area contributed by atoms with Crippen molar-refractivity contribution in [2.45, 2.75) is 6.54 Å². The lowest BCUT2D eigenvalue weighted by molar-refractivity contribution is -0.116. The molecule has 0 aliphatic carbocycles. The molecule has 0 spiro atoms. The fourth-order valence-electron chi connectivity index (χ4n) is 1.90. The van der Waals surface area contributed by atoms with Crippen LogP contribution in [0.1, 0.15) is 5.56 Å². The van der Waals surface area contributed by atoms with E-state index in [2.05, 4.69) is 10.4 Å². The molecule has 0 radical (unpaired) electrons. The monoisotopic (exact) mass is 390 g/mol. The first-order chi connectivity index (χ1) is 11.2. The molecule has 1 aromatic heterocycles. The van der Waals surface area contributed by atoms with Crippen LogP contribution < -0.4 is 5.32 Å². The SMILES string of the molecule is CN(CC(=O)Nc1ccnn1Cc1cccc(Cl)c1Cl)S(C)(=O)=O. The topological polar surface area (TPSA) is 84.3 Å². The molecule has 0 atom stereocenters. The van der Waals surface area contributed by atoms with Gasteiger partial charge in [0.1, 0.15) is 5.82 Å². The highest BCUT2D eigenvalue weighted by atomic mass is 35.5. The largest absolute Gasteiger partial charge is 0.310 e. The Morgan fingerprint density at radius 3 is 2.71 bits per heavy atom. The van der Waals surface area contributed by atoms with E-state index in [0.29, 0.717) is 22.4 Å². The molecule has 0 saturated heterocycles. The Morgan fingerprint density at radius 2 is 2.04 bits per heavy atom. The van der Waals surface area contributed by atoms with E-state index in [4.69, 9.17) is 23.2 Å². The molecule has 0 aliphatic heterocycles. The van der Waals surface area contributed by atoms with E-state index in [1.807, 2.05) is 0 Å². The van der Waals surface area contributed by atoms with Crippen molar-refractivity contribution in [2.24, 2.45) is 0 Å². The molecule has 2 rings (SSSR count). The molecule has 24 heavy (non-hydrogen) atoms. The van der Waals surface area contributed by atoms with Gasteiger partial charge in [0, 0.05) is 13.1 Å². The lowest BCUT2D eigenvalue weighted by Crippen LogP contribution is -2.34. The molecule has 0 fully saturated rings. The molecular formula is C14H16Cl2N4O3S. The van der Waals surface area contributed by atoms with Gasteiger partial charge in [-0.05, 0) is 11.6 Å². The minimum Gasteiger partial charge on any atom is -0.310 e. The summed E-state index contributed by atoms with van der Waals surface area (Å²) in [7, 11) is -2.10. The second-order valence-corrected chi connectivity index (χ2v) is 8.03. The normalized spacial score (nSPS) is 11.7. The third-order valence-corrected chi connectivity index (χ3v) is 5.39. The summed E-state index contributed by atoms with van der Waals surface area (Å²) in [6.07, 6.45) is 2.56. The molecule has 0 unspecified atom stereocenters. The Hall–Kier alpha value is -1.61. The van der Waals surface area contributed by atoms with Crippen molar-refractivity contribution in [2.75, 3.05) is 25.2 Å². The number of halogens is 2. The highest BCUT2D eigenvalue weighted by Crippen LogP contribution is 2.26. The average Bonchev–Trinajstić information content (AvgIpc) is 2.90. The van der Waals surface area contributed by atoms with Crippen LogP contribution in [0.5, 0.6) is 0 Å². The van der Waals surface area contributed by atoms with Crippen LogP contribution in [0.4, 0.5) is 5.82 Å². The number of hydrogen-bond acceptors (Lipinski definition) is 4. The number of anilines is 1. The molecule has 0 bridgehead atoms. The molecule has 1 aromatic carbocycles. The van der Waals surface area contributed by atoms with E-state index < -0.39 is 15.9 Å². The molecule has 1 N–H and O–H groups in total. The smallest absolute Gasteiger partial charge is 0.240 e. The highest BCUT2D eigenvalue weighted by molar-refractivity contribution is 7.88. The van der Waals surface area contributed by atoms with E-state index in [1.165, 1.54) is 17.9 Å². The summed E-state index contributed by atoms with van der Waals surface area (Å²) in [6.45, 7) is 0.0197. The van der Waals surface area contributed by atoms with E-state index in [0.717, 1.165) is 16.1 Å². The minimum absolute atomic E-state index is 0.290. The van der Waals surface area contributed by atoms with Gasteiger partial charge in [0.15, 0.2) is 0 Å². The van der Waals surface area contributed by atoms with Gasteiger partial charge in [-0.1, -0.05) is 35.3 Å². The maximum atomic E-state index is 12.0. The van der Waals surface area contributed by atoms with Gasteiger partial charge in [0.2, 0.25) is 15.9 Å². The van der Waals surface area contributed by atoms with Crippen LogP contribution in [0.3, 0.4) is 0 Å². The van der Waals surface area contributed by atoms with Crippen LogP contribution in [0.2, 0.25) is 10.0 Å². The zero-order chi connectivity index (χ0) is 17.9. The summed E-state index contributed by atoms with van der Waals surface area (Å²) in [4.78, 5) is 12.0. The number of rotatable bonds is 6. The summed E-state index contributed by atoms with van der Waals surface area (Å²) in [5, 5.41) is 7.61. The molecular weight excluding hydrogens is 375 g/mol. The van der Waals surface area contributed by atoms with Crippen LogP contribution >= 0.6 is 23.2 Å². The van der Waals surface area contributed by atoms with Crippen molar-refractivity contribution >= 4 is 45.0 Å². The molecule has 10 heteroatoms. The van der Waals surface area contributed by atoms with Gasteiger partial charge < -0.3 is 5.32 Å². The molecule has 0 aliphatic rings. The number of sulfonamides is 1. The van der Waals surface area contributed by atoms with Gasteiger partial charge in [-0.15, -0.1) is 0 Å². The van der Waals surface area contributed by atoms with E-state index in [-0.39, 0.29) is 6.54 Å². The number of hydrogen-bond donors (Lipinski definition) is 1. The Bertz CT molecular complexity index is 851. The van der Waals surface area contributed by atoms with Crippen LogP contribution in [0, 0.1) is 0 Å². The van der Waals surface area contributed by atoms with Gasteiger partial charge in [-0.2, -0.15) is 9.40 Å². The number of likely N-dealkylation sites (N-methyl/N-ethyl adjacent to an activating group) is 1. The average molecular weight is 391 g/mol. The van der Waals surface area contributed by atoms with E-state index >= 15 is 0 Å². The lowest BCUT2D eigenvalue weighted by atomic mass is 10.2. The number of carbonyl (C=O) groups is 1. The lowest BCUT2D eigenvalue weighted by Gasteiger charge is -2.14. The zero-order valence-corrected chi connectivity index (χ0v) is 15.4. The first-order valence-corrected chi connectivity index (χ1v) is 9.45. The molecule has 0 saturated carbocycles. The summed E-state index contributed by atoms with van der Waals surface area (Å²) in [6, 6.07) is 6.86. The zero-order valence-electron chi connectivity index (χ0n) is 13.0. The van der Waals surface area contributed by atoms with Crippen molar-refractivity contribution in [3.63, 3.8) is 0 Å². The van der Waals surface area contributed by atoms with Crippen molar-refractivity contribution in [3.8, 4) is 0 Å². The predicted octanol–water partition coefficient (Wildman–Crippen LogP) is 2.07. The third-order valence-electron chi connectivity index (χ3n) is 3.27. The van der Waals surface area contributed by atoms with Crippen LogP contribution in [0.15, 0.2) is 30.5 Å². The first-order valence-electron chi connectivity index (χ1n) is 6.84. The van der Waals surface area contributed by atoms with E-state index in [1.54, 1.807) is 24.3 Å². The van der Waals surface area contributed by atoms with Gasteiger partial charge >= 0.3 is 0 Å². The molecule has 7 nitrogen and oxygen atoms in total. The number of amides is 1. The summed E-state index contributed by atoms with van der Waals surface area (Å²) < 4.78 is 25.2. The Labute approximate surface area is 150 Å². The van der Waals surface area contributed by atoms with Crippen LogP contribution in [-0.4, -0.2) is 48.3 Å². The standard InChI is InChI=1S/C14H16Cl2N4O3S/c1-19(24(2,22)23)9-13(21)18-12-6-7-17-20(12)8-10-4-3-5-11(15)14(10)16/h3-7H,8-9H2,1-2H3,(H,18,21). The Morgan fingerprint density at radius 1 is 1.33 bits per heavy atom. The second kappa shape index (κ2) is 7.52. The van der Waals surface area contributed by atoms with Gasteiger partial charge in [0.25, 0.3) is 0 Å². The summed E-state index contributed by atoms with van der Waals surface area (Å²) in [5.41, 5.74) is 0.747. The van der Waals surface area contributed by atoms with Gasteiger partial charge in [-0.25, -0.2) is 13.1 Å². The van der Waals surface area contributed by atoms with Crippen molar-refractivity contribution in [1.82, 2.24) is 14.1 Å². The van der Waals surface area contributed by atoms with Crippen molar-refractivity contribution < 1.29 is 13.2 Å². The first kappa shape index (κ1) is 18.7. The Kier molecular flexibility index (Phi) is 5.87. The second-order valence-electron chi connectivity index (χ2n) is 5.15. The number of benzene rings is 1. The number of carbonyl (C=O) groups excluding carboxylic acids is 1. The van der Waals surface area contributed by atoms with Crippen molar-refractivity contribution in [3.05, 3.63) is 46.1 Å². The van der Waals surface area contributed by atoms with E-state index in [9.17, 15) is 13.2 Å². The maximum Gasteiger partial charge on any atom is 0.240 e. The molecule has 1 heterocycles. The third kappa shape index (κ3) is 4.70. The highest BCUT2D eigenvalue weighted by Gasteiger charge is 2.16. The maximum absolute atomic E-state index is 12.0. The number of aromatic nitrogens is 2. The summed E-state index contributed by atoms with van der Waals surface area (Å²) >= 11 is 12.1. The molecule has 2 aromatic rings. The number of nitrogens with one attached hydrogen (secondary N) is 1. The van der Waals surface area contributed by atoms with Gasteiger partial charge in [-0.3, -0.25) is 4.79 Å². The van der Waals surface area contributed by atoms with Gasteiger partial charge in [0.05, 0.1) is 35.6 Å². The Balaban J connectivity index is 2.10.